The summed E-state index contributed by atoms with van der Waals surface area (Å²) in [5.74, 6) is 0.248. The van der Waals surface area contributed by atoms with E-state index in [-0.39, 0.29) is 49.7 Å². The number of carbonyl (C=O) groups is 1. The Morgan fingerprint density at radius 3 is 2.59 bits per heavy atom. The summed E-state index contributed by atoms with van der Waals surface area (Å²) in [7, 11) is 3.37. The molecule has 7 atom stereocenters. The summed E-state index contributed by atoms with van der Waals surface area (Å²) < 4.78 is 29.1. The number of hydrogen-bond donors (Lipinski definition) is 0. The van der Waals surface area contributed by atoms with Crippen molar-refractivity contribution in [2.45, 2.75) is 93.2 Å². The molecule has 6 nitrogen and oxygen atoms in total. The third kappa shape index (κ3) is 7.42. The van der Waals surface area contributed by atoms with Gasteiger partial charge in [0, 0.05) is 37.4 Å². The number of esters is 1. The highest BCUT2D eigenvalue weighted by Crippen LogP contribution is 2.35. The van der Waals surface area contributed by atoms with Gasteiger partial charge in [-0.05, 0) is 18.8 Å². The van der Waals surface area contributed by atoms with Gasteiger partial charge in [0.15, 0.2) is 0 Å². The van der Waals surface area contributed by atoms with Gasteiger partial charge in [0.2, 0.25) is 0 Å². The predicted molar refractivity (Wildman–Crippen MR) is 111 cm³/mol. The highest BCUT2D eigenvalue weighted by Gasteiger charge is 2.38. The summed E-state index contributed by atoms with van der Waals surface area (Å²) >= 11 is 2.50. The molecule has 2 bridgehead atoms. The summed E-state index contributed by atoms with van der Waals surface area (Å²) in [5.41, 5.74) is 0. The maximum atomic E-state index is 12.5. The Hall–Kier alpha value is 0.0400. The van der Waals surface area contributed by atoms with Crippen molar-refractivity contribution in [1.82, 2.24) is 0 Å². The second-order valence-electron chi connectivity index (χ2n) is 7.82. The fourth-order valence-electron chi connectivity index (χ4n) is 4.10. The van der Waals surface area contributed by atoms with Crippen LogP contribution in [0.5, 0.6) is 0 Å². The van der Waals surface area contributed by atoms with Crippen LogP contribution in [0.4, 0.5) is 0 Å². The molecule has 0 aromatic heterocycles. The Balaban J connectivity index is 2.16. The third-order valence-electron chi connectivity index (χ3n) is 5.51. The van der Waals surface area contributed by atoms with Crippen molar-refractivity contribution in [3.63, 3.8) is 0 Å². The second kappa shape index (κ2) is 11.9. The zero-order valence-corrected chi connectivity index (χ0v) is 19.2. The van der Waals surface area contributed by atoms with Gasteiger partial charge in [-0.3, -0.25) is 4.79 Å². The van der Waals surface area contributed by atoms with Crippen molar-refractivity contribution in [1.29, 1.82) is 0 Å². The lowest BCUT2D eigenvalue weighted by atomic mass is 9.89. The highest BCUT2D eigenvalue weighted by molar-refractivity contribution is 14.1. The molecule has 2 rings (SSSR count). The zero-order chi connectivity index (χ0) is 19.8. The van der Waals surface area contributed by atoms with E-state index in [1.54, 1.807) is 14.2 Å². The molecular formula is C20H35IO6. The molecule has 2 heterocycles. The van der Waals surface area contributed by atoms with Crippen molar-refractivity contribution >= 4 is 28.6 Å². The Morgan fingerprint density at radius 2 is 1.93 bits per heavy atom. The number of ether oxygens (including phenoxy) is 5. The number of hydrogen-bond acceptors (Lipinski definition) is 6. The molecule has 0 radical (unpaired) electrons. The van der Waals surface area contributed by atoms with E-state index < -0.39 is 0 Å². The Labute approximate surface area is 177 Å². The van der Waals surface area contributed by atoms with Gasteiger partial charge in [0.1, 0.15) is 12.9 Å². The fourth-order valence-corrected chi connectivity index (χ4v) is 4.86. The van der Waals surface area contributed by atoms with E-state index in [9.17, 15) is 4.79 Å². The van der Waals surface area contributed by atoms with Crippen LogP contribution in [0.3, 0.4) is 0 Å². The molecule has 0 N–H and O–H groups in total. The molecule has 0 aromatic carbocycles. The average Bonchev–Trinajstić information content (AvgIpc) is 2.64. The number of alkyl halides is 1. The van der Waals surface area contributed by atoms with E-state index in [2.05, 4.69) is 36.4 Å². The van der Waals surface area contributed by atoms with Crippen LogP contribution in [-0.4, -0.2) is 61.4 Å². The van der Waals surface area contributed by atoms with E-state index in [4.69, 9.17) is 23.7 Å². The van der Waals surface area contributed by atoms with Gasteiger partial charge >= 0.3 is 5.97 Å². The molecule has 2 aliphatic rings. The first-order chi connectivity index (χ1) is 13.0. The smallest absolute Gasteiger partial charge is 0.308 e. The Bertz CT molecular complexity index is 448. The number of carbonyl (C=O) groups excluding carboxylic acids is 1. The standard InChI is InChI=1S/C20H35IO6/c1-5-6-14-8-15(24-4)7-13(2)20(21)18-10-16(25-12-23-3)9-17(26-18)11-19(22)27-14/h13-18,20H,5-12H2,1-4H3/t13-,14-,15-,16-,17+,18+,20-/m0/s1. The molecule has 0 amide bonds. The van der Waals surface area contributed by atoms with Gasteiger partial charge in [-0.25, -0.2) is 0 Å². The maximum Gasteiger partial charge on any atom is 0.308 e. The van der Waals surface area contributed by atoms with Crippen molar-refractivity contribution < 1.29 is 28.5 Å². The van der Waals surface area contributed by atoms with Gasteiger partial charge in [-0.2, -0.15) is 0 Å². The zero-order valence-electron chi connectivity index (χ0n) is 17.0. The number of halogens is 1. The number of rotatable bonds is 6. The first kappa shape index (κ1) is 23.3. The molecular weight excluding hydrogens is 463 g/mol. The molecule has 27 heavy (non-hydrogen) atoms. The molecule has 2 saturated heterocycles. The first-order valence-electron chi connectivity index (χ1n) is 10.1. The van der Waals surface area contributed by atoms with Crippen LogP contribution in [0.15, 0.2) is 0 Å². The lowest BCUT2D eigenvalue weighted by Crippen LogP contribution is -2.45. The number of cyclic esters (lactones) is 1. The Kier molecular flexibility index (Phi) is 10.3. The van der Waals surface area contributed by atoms with E-state index in [1.807, 2.05) is 0 Å². The Morgan fingerprint density at radius 1 is 1.15 bits per heavy atom. The van der Waals surface area contributed by atoms with Crippen molar-refractivity contribution in [3.8, 4) is 0 Å². The van der Waals surface area contributed by atoms with Crippen LogP contribution in [-0.2, 0) is 28.5 Å². The molecule has 0 spiro atoms. The lowest BCUT2D eigenvalue weighted by molar-refractivity contribution is -0.170. The monoisotopic (exact) mass is 498 g/mol. The van der Waals surface area contributed by atoms with Gasteiger partial charge in [-0.15, -0.1) is 0 Å². The summed E-state index contributed by atoms with van der Waals surface area (Å²) in [4.78, 5) is 12.5. The molecule has 2 fully saturated rings. The van der Waals surface area contributed by atoms with Gasteiger partial charge in [-0.1, -0.05) is 42.9 Å². The van der Waals surface area contributed by atoms with Crippen LogP contribution in [0.2, 0.25) is 0 Å². The normalized spacial score (nSPS) is 38.6. The summed E-state index contributed by atoms with van der Waals surface area (Å²) in [5, 5.41) is 0. The minimum absolute atomic E-state index is 0.0403. The predicted octanol–water partition coefficient (Wildman–Crippen LogP) is 3.87. The van der Waals surface area contributed by atoms with E-state index in [0.29, 0.717) is 16.3 Å². The summed E-state index contributed by atoms with van der Waals surface area (Å²) in [6.45, 7) is 4.63. The van der Waals surface area contributed by atoms with Gasteiger partial charge in [0.25, 0.3) is 0 Å². The van der Waals surface area contributed by atoms with Crippen molar-refractivity contribution in [2.24, 2.45) is 5.92 Å². The summed E-state index contributed by atoms with van der Waals surface area (Å²) in [6.07, 6.45) is 5.25. The van der Waals surface area contributed by atoms with E-state index in [1.165, 1.54) is 0 Å². The summed E-state index contributed by atoms with van der Waals surface area (Å²) in [6, 6.07) is 0. The minimum Gasteiger partial charge on any atom is -0.462 e. The molecule has 0 unspecified atom stereocenters. The topological polar surface area (TPSA) is 63.2 Å². The largest absolute Gasteiger partial charge is 0.462 e. The first-order valence-corrected chi connectivity index (χ1v) is 11.3. The van der Waals surface area contributed by atoms with Crippen LogP contribution < -0.4 is 0 Å². The van der Waals surface area contributed by atoms with E-state index in [0.717, 1.165) is 32.1 Å². The number of methoxy groups -OCH3 is 2. The molecule has 7 heteroatoms. The molecule has 0 aliphatic carbocycles. The fraction of sp³-hybridized carbons (Fsp3) is 0.950. The van der Waals surface area contributed by atoms with Gasteiger partial charge < -0.3 is 23.7 Å². The number of fused-ring (bicyclic) bond motifs is 2. The maximum absolute atomic E-state index is 12.5. The molecule has 2 aliphatic heterocycles. The van der Waals surface area contributed by atoms with E-state index >= 15 is 0 Å². The van der Waals surface area contributed by atoms with Crippen LogP contribution in [0, 0.1) is 5.92 Å². The van der Waals surface area contributed by atoms with Gasteiger partial charge in [0.05, 0.1) is 30.8 Å². The average molecular weight is 498 g/mol. The van der Waals surface area contributed by atoms with Crippen LogP contribution in [0.25, 0.3) is 0 Å². The molecule has 0 aromatic rings. The third-order valence-corrected chi connectivity index (χ3v) is 7.54. The SMILES string of the molecule is CCC[C@H]1C[C@@H](OC)C[C@H](C)[C@H](I)[C@H]2C[C@@H](OCOC)C[C@H](CC(=O)O1)O2. The lowest BCUT2D eigenvalue weighted by Gasteiger charge is -2.40. The molecule has 0 saturated carbocycles. The quantitative estimate of drug-likeness (QED) is 0.240. The van der Waals surface area contributed by atoms with Crippen LogP contribution in [0.1, 0.15) is 58.8 Å². The highest BCUT2D eigenvalue weighted by atomic mass is 127. The van der Waals surface area contributed by atoms with Crippen molar-refractivity contribution in [3.05, 3.63) is 0 Å². The minimum atomic E-state index is -0.182. The molecule has 158 valence electrons. The van der Waals surface area contributed by atoms with Crippen molar-refractivity contribution in [2.75, 3.05) is 21.0 Å². The van der Waals surface area contributed by atoms with Crippen LogP contribution >= 0.6 is 22.6 Å². The second-order valence-corrected chi connectivity index (χ2v) is 9.26.